The molecule has 2 aliphatic rings. The third-order valence-electron chi connectivity index (χ3n) is 4.73. The van der Waals surface area contributed by atoms with Gasteiger partial charge in [-0.25, -0.2) is 0 Å². The molecule has 1 atom stereocenters. The van der Waals surface area contributed by atoms with Gasteiger partial charge in [-0.1, -0.05) is 0 Å². The first-order valence-corrected chi connectivity index (χ1v) is 7.16. The summed E-state index contributed by atoms with van der Waals surface area (Å²) < 4.78 is 5.49. The Bertz CT molecular complexity index is 230. The fraction of sp³-hybridized carbons (Fsp3) is 1.00. The van der Waals surface area contributed by atoms with Gasteiger partial charge >= 0.3 is 0 Å². The van der Waals surface area contributed by atoms with Crippen LogP contribution < -0.4 is 5.32 Å². The number of ether oxygens (including phenoxy) is 1. The average molecular weight is 240 g/mol. The summed E-state index contributed by atoms with van der Waals surface area (Å²) in [4.78, 5) is 2.67. The first kappa shape index (κ1) is 13.3. The van der Waals surface area contributed by atoms with E-state index in [0.29, 0.717) is 6.04 Å². The van der Waals surface area contributed by atoms with Crippen molar-refractivity contribution in [2.75, 3.05) is 33.4 Å². The molecule has 3 heteroatoms. The third-order valence-corrected chi connectivity index (χ3v) is 4.73. The molecular weight excluding hydrogens is 212 g/mol. The smallest absolute Gasteiger partial charge is 0.0469 e. The van der Waals surface area contributed by atoms with Gasteiger partial charge in [0.05, 0.1) is 0 Å². The largest absolute Gasteiger partial charge is 0.381 e. The molecule has 2 rings (SSSR count). The van der Waals surface area contributed by atoms with E-state index in [4.69, 9.17) is 4.74 Å². The summed E-state index contributed by atoms with van der Waals surface area (Å²) in [6, 6.07) is 0.587. The Kier molecular flexibility index (Phi) is 4.45. The Labute approximate surface area is 106 Å². The van der Waals surface area contributed by atoms with E-state index in [1.165, 1.54) is 38.8 Å². The summed E-state index contributed by atoms with van der Waals surface area (Å²) in [5.41, 5.74) is 0.271. The number of likely N-dealkylation sites (N-methyl/N-ethyl adjacent to an activating group) is 1. The van der Waals surface area contributed by atoms with Crippen LogP contribution in [0.25, 0.3) is 0 Å². The summed E-state index contributed by atoms with van der Waals surface area (Å²) in [5, 5.41) is 3.59. The second-order valence-electron chi connectivity index (χ2n) is 6.06. The molecule has 1 unspecified atom stereocenters. The second kappa shape index (κ2) is 5.68. The van der Waals surface area contributed by atoms with E-state index in [9.17, 15) is 0 Å². The number of likely N-dealkylation sites (tertiary alicyclic amines) is 1. The van der Waals surface area contributed by atoms with Gasteiger partial charge in [-0.15, -0.1) is 0 Å². The van der Waals surface area contributed by atoms with E-state index in [1.54, 1.807) is 0 Å². The summed E-state index contributed by atoms with van der Waals surface area (Å²) in [7, 11) is 2.12. The topological polar surface area (TPSA) is 24.5 Å². The lowest BCUT2D eigenvalue weighted by Gasteiger charge is -2.46. The van der Waals surface area contributed by atoms with Crippen molar-refractivity contribution in [2.24, 2.45) is 5.92 Å². The van der Waals surface area contributed by atoms with Gasteiger partial charge in [0, 0.05) is 24.8 Å². The normalized spacial score (nSPS) is 26.3. The highest BCUT2D eigenvalue weighted by Crippen LogP contribution is 2.31. The third kappa shape index (κ3) is 2.83. The molecule has 0 aromatic rings. The van der Waals surface area contributed by atoms with Gasteiger partial charge in [-0.05, 0) is 65.6 Å². The maximum atomic E-state index is 5.49. The van der Waals surface area contributed by atoms with Crippen LogP contribution in [0, 0.1) is 5.92 Å². The minimum absolute atomic E-state index is 0.271. The minimum Gasteiger partial charge on any atom is -0.381 e. The number of hydrogen-bond donors (Lipinski definition) is 1. The van der Waals surface area contributed by atoms with E-state index in [-0.39, 0.29) is 5.54 Å². The maximum Gasteiger partial charge on any atom is 0.0469 e. The zero-order valence-corrected chi connectivity index (χ0v) is 11.7. The lowest BCUT2D eigenvalue weighted by molar-refractivity contribution is 0.0152. The van der Waals surface area contributed by atoms with Crippen LogP contribution in [-0.4, -0.2) is 49.8 Å². The lowest BCUT2D eigenvalue weighted by Crippen LogP contribution is -2.59. The van der Waals surface area contributed by atoms with Crippen LogP contribution in [0.4, 0.5) is 0 Å². The quantitative estimate of drug-likeness (QED) is 0.812. The molecule has 0 radical (unpaired) electrons. The van der Waals surface area contributed by atoms with Gasteiger partial charge in [0.2, 0.25) is 0 Å². The first-order valence-electron chi connectivity index (χ1n) is 7.16. The molecule has 0 amide bonds. The highest BCUT2D eigenvalue weighted by Gasteiger charge is 2.40. The molecule has 2 fully saturated rings. The molecule has 0 aromatic heterocycles. The fourth-order valence-electron chi connectivity index (χ4n) is 3.71. The van der Waals surface area contributed by atoms with Crippen LogP contribution >= 0.6 is 0 Å². The highest BCUT2D eigenvalue weighted by molar-refractivity contribution is 4.98. The van der Waals surface area contributed by atoms with Gasteiger partial charge in [0.15, 0.2) is 0 Å². The van der Waals surface area contributed by atoms with Crippen molar-refractivity contribution in [1.29, 1.82) is 0 Å². The maximum absolute atomic E-state index is 5.49. The van der Waals surface area contributed by atoms with Crippen LogP contribution in [0.2, 0.25) is 0 Å². The Morgan fingerprint density at radius 3 is 2.29 bits per heavy atom. The van der Waals surface area contributed by atoms with Crippen molar-refractivity contribution in [3.05, 3.63) is 0 Å². The first-order chi connectivity index (χ1) is 8.16. The summed E-state index contributed by atoms with van der Waals surface area (Å²) in [6.45, 7) is 9.25. The molecule has 3 nitrogen and oxygen atoms in total. The molecular formula is C14H28N2O. The van der Waals surface area contributed by atoms with E-state index in [2.05, 4.69) is 31.1 Å². The molecule has 2 heterocycles. The van der Waals surface area contributed by atoms with Crippen molar-refractivity contribution in [3.8, 4) is 0 Å². The van der Waals surface area contributed by atoms with Gasteiger partial charge < -0.3 is 10.1 Å². The monoisotopic (exact) mass is 240 g/mol. The van der Waals surface area contributed by atoms with E-state index < -0.39 is 0 Å². The predicted molar refractivity (Wildman–Crippen MR) is 71.3 cm³/mol. The molecule has 2 aliphatic heterocycles. The fourth-order valence-corrected chi connectivity index (χ4v) is 3.71. The Balaban J connectivity index is 2.04. The van der Waals surface area contributed by atoms with Crippen LogP contribution in [0.1, 0.15) is 39.5 Å². The molecule has 0 saturated carbocycles. The Hall–Kier alpha value is -0.120. The van der Waals surface area contributed by atoms with Crippen molar-refractivity contribution >= 4 is 0 Å². The van der Waals surface area contributed by atoms with E-state index in [0.717, 1.165) is 19.1 Å². The Morgan fingerprint density at radius 2 is 1.76 bits per heavy atom. The average Bonchev–Trinajstić information content (AvgIpc) is 2.85. The highest BCUT2D eigenvalue weighted by atomic mass is 16.5. The van der Waals surface area contributed by atoms with E-state index >= 15 is 0 Å². The SMILES string of the molecule is CNC(C1CCOCC1)C(C)(C)N1CCCC1. The molecule has 1 N–H and O–H groups in total. The molecule has 0 spiro atoms. The van der Waals surface area contributed by atoms with Crippen molar-refractivity contribution in [3.63, 3.8) is 0 Å². The van der Waals surface area contributed by atoms with Crippen LogP contribution in [0.5, 0.6) is 0 Å². The summed E-state index contributed by atoms with van der Waals surface area (Å²) >= 11 is 0. The molecule has 2 saturated heterocycles. The molecule has 100 valence electrons. The summed E-state index contributed by atoms with van der Waals surface area (Å²) in [5.74, 6) is 0.768. The number of rotatable bonds is 4. The Morgan fingerprint density at radius 1 is 1.18 bits per heavy atom. The number of hydrogen-bond acceptors (Lipinski definition) is 3. The number of nitrogens with zero attached hydrogens (tertiary/aromatic N) is 1. The second-order valence-corrected chi connectivity index (χ2v) is 6.06. The zero-order chi connectivity index (χ0) is 12.3. The standard InChI is InChI=1S/C14H28N2O/c1-14(2,16-8-4-5-9-16)13(15-3)12-6-10-17-11-7-12/h12-13,15H,4-11H2,1-3H3. The minimum atomic E-state index is 0.271. The lowest BCUT2D eigenvalue weighted by atomic mass is 9.79. The molecule has 0 aromatic carbocycles. The van der Waals surface area contributed by atoms with Gasteiger partial charge in [0.25, 0.3) is 0 Å². The van der Waals surface area contributed by atoms with Crippen molar-refractivity contribution in [2.45, 2.75) is 51.1 Å². The molecule has 0 aliphatic carbocycles. The molecule has 0 bridgehead atoms. The van der Waals surface area contributed by atoms with Crippen molar-refractivity contribution in [1.82, 2.24) is 10.2 Å². The van der Waals surface area contributed by atoms with Gasteiger partial charge in [-0.3, -0.25) is 4.90 Å². The van der Waals surface area contributed by atoms with Crippen LogP contribution in [0.15, 0.2) is 0 Å². The molecule has 17 heavy (non-hydrogen) atoms. The van der Waals surface area contributed by atoms with Crippen LogP contribution in [0.3, 0.4) is 0 Å². The van der Waals surface area contributed by atoms with Crippen molar-refractivity contribution < 1.29 is 4.74 Å². The predicted octanol–water partition coefficient (Wildman–Crippen LogP) is 1.88. The summed E-state index contributed by atoms with van der Waals surface area (Å²) in [6.07, 6.45) is 5.16. The number of nitrogens with one attached hydrogen (secondary N) is 1. The van der Waals surface area contributed by atoms with Gasteiger partial charge in [0.1, 0.15) is 0 Å². The van der Waals surface area contributed by atoms with Gasteiger partial charge in [-0.2, -0.15) is 0 Å². The van der Waals surface area contributed by atoms with E-state index in [1.807, 2.05) is 0 Å². The van der Waals surface area contributed by atoms with Crippen LogP contribution in [-0.2, 0) is 4.74 Å². The zero-order valence-electron chi connectivity index (χ0n) is 11.7.